The Bertz CT molecular complexity index is 1080. The number of urea groups is 1. The van der Waals surface area contributed by atoms with Crippen LogP contribution >= 0.6 is 0 Å². The number of amides is 4. The Morgan fingerprint density at radius 2 is 1.74 bits per heavy atom. The number of nitrogens with zero attached hydrogens (tertiary/aromatic N) is 1. The van der Waals surface area contributed by atoms with Crippen molar-refractivity contribution in [3.63, 3.8) is 0 Å². The predicted octanol–water partition coefficient (Wildman–Crippen LogP) is 2.95. The van der Waals surface area contributed by atoms with Crippen molar-refractivity contribution in [1.82, 2.24) is 15.8 Å². The van der Waals surface area contributed by atoms with Gasteiger partial charge in [0.1, 0.15) is 17.9 Å². The Hall–Kier alpha value is -3.88. The fourth-order valence-electron chi connectivity index (χ4n) is 4.20. The Kier molecular flexibility index (Phi) is 6.81. The van der Waals surface area contributed by atoms with E-state index in [4.69, 9.17) is 9.47 Å². The molecule has 1 heterocycles. The van der Waals surface area contributed by atoms with E-state index < -0.39 is 36.0 Å². The molecule has 178 valence electrons. The van der Waals surface area contributed by atoms with Gasteiger partial charge in [0.25, 0.3) is 11.8 Å². The van der Waals surface area contributed by atoms with Crippen LogP contribution in [0.3, 0.4) is 0 Å². The van der Waals surface area contributed by atoms with E-state index >= 15 is 0 Å². The third kappa shape index (κ3) is 5.03. The number of esters is 1. The quantitative estimate of drug-likeness (QED) is 0.480. The summed E-state index contributed by atoms with van der Waals surface area (Å²) in [5.74, 6) is -0.830. The number of nitrogens with one attached hydrogen (secondary N) is 2. The van der Waals surface area contributed by atoms with Gasteiger partial charge in [0, 0.05) is 5.56 Å². The van der Waals surface area contributed by atoms with E-state index in [-0.39, 0.29) is 12.2 Å². The summed E-state index contributed by atoms with van der Waals surface area (Å²) in [5.41, 5.74) is 2.15. The number of imide groups is 1. The first-order valence-electron chi connectivity index (χ1n) is 11.3. The monoisotopic (exact) mass is 465 g/mol. The van der Waals surface area contributed by atoms with Crippen molar-refractivity contribution in [2.45, 2.75) is 44.8 Å². The summed E-state index contributed by atoms with van der Waals surface area (Å²) in [6.45, 7) is 1.60. The second-order valence-electron chi connectivity index (χ2n) is 8.71. The molecule has 9 heteroatoms. The zero-order valence-corrected chi connectivity index (χ0v) is 18.9. The van der Waals surface area contributed by atoms with Crippen LogP contribution < -0.4 is 15.5 Å². The van der Waals surface area contributed by atoms with Crippen LogP contribution in [0.5, 0.6) is 5.75 Å². The lowest BCUT2D eigenvalue weighted by Crippen LogP contribution is -2.52. The van der Waals surface area contributed by atoms with Crippen LogP contribution in [0.1, 0.15) is 48.5 Å². The molecular weight excluding hydrogens is 438 g/mol. The van der Waals surface area contributed by atoms with Gasteiger partial charge in [0.05, 0.1) is 5.56 Å². The van der Waals surface area contributed by atoms with Gasteiger partial charge in [0.15, 0.2) is 6.61 Å². The standard InChI is InChI=1S/C25H27N3O6/c1-17-11-13-25(14-12-17)23(31)28(24(32)26-25)27-21(29)16-34-22(30)20-10-6-5-7-18(20)15-33-19-8-3-2-4-9-19/h2-10,17H,11-16H2,1H3,(H,26,32)(H,27,29). The number of carbonyl (C=O) groups excluding carboxylic acids is 4. The summed E-state index contributed by atoms with van der Waals surface area (Å²) in [4.78, 5) is 50.1. The van der Waals surface area contributed by atoms with Gasteiger partial charge in [-0.2, -0.15) is 5.01 Å². The van der Waals surface area contributed by atoms with Crippen LogP contribution in [0.2, 0.25) is 0 Å². The Morgan fingerprint density at radius 1 is 1.06 bits per heavy atom. The van der Waals surface area contributed by atoms with Crippen LogP contribution in [0, 0.1) is 5.92 Å². The highest BCUT2D eigenvalue weighted by Crippen LogP contribution is 2.35. The highest BCUT2D eigenvalue weighted by molar-refractivity contribution is 6.08. The number of hydrogen-bond donors (Lipinski definition) is 2. The van der Waals surface area contributed by atoms with Crippen LogP contribution in [0.25, 0.3) is 0 Å². The van der Waals surface area contributed by atoms with Crippen LogP contribution in [-0.2, 0) is 20.9 Å². The van der Waals surface area contributed by atoms with E-state index in [2.05, 4.69) is 17.7 Å². The molecule has 1 saturated carbocycles. The van der Waals surface area contributed by atoms with Gasteiger partial charge in [-0.1, -0.05) is 43.3 Å². The minimum Gasteiger partial charge on any atom is -0.489 e. The van der Waals surface area contributed by atoms with Crippen molar-refractivity contribution in [1.29, 1.82) is 0 Å². The highest BCUT2D eigenvalue weighted by Gasteiger charge is 2.52. The number of para-hydroxylation sites is 1. The maximum absolute atomic E-state index is 12.8. The number of hydrazine groups is 1. The first-order chi connectivity index (χ1) is 16.4. The number of ether oxygens (including phenoxy) is 2. The van der Waals surface area contributed by atoms with E-state index in [1.54, 1.807) is 36.4 Å². The third-order valence-electron chi connectivity index (χ3n) is 6.24. The molecule has 9 nitrogen and oxygen atoms in total. The average molecular weight is 466 g/mol. The highest BCUT2D eigenvalue weighted by atomic mass is 16.5. The largest absolute Gasteiger partial charge is 0.489 e. The van der Waals surface area contributed by atoms with Crippen molar-refractivity contribution in [2.75, 3.05) is 6.61 Å². The summed E-state index contributed by atoms with van der Waals surface area (Å²) >= 11 is 0. The first-order valence-corrected chi connectivity index (χ1v) is 11.3. The SMILES string of the molecule is CC1CCC2(CC1)NC(=O)N(NC(=O)COC(=O)c1ccccc1COc1ccccc1)C2=O. The summed E-state index contributed by atoms with van der Waals surface area (Å²) < 4.78 is 10.8. The summed E-state index contributed by atoms with van der Waals surface area (Å²) in [7, 11) is 0. The molecule has 0 radical (unpaired) electrons. The molecule has 4 amide bonds. The molecule has 0 bridgehead atoms. The maximum atomic E-state index is 12.8. The van der Waals surface area contributed by atoms with Crippen molar-refractivity contribution >= 4 is 23.8 Å². The number of hydrogen-bond acceptors (Lipinski definition) is 6. The lowest BCUT2D eigenvalue weighted by Gasteiger charge is -2.33. The third-order valence-corrected chi connectivity index (χ3v) is 6.24. The average Bonchev–Trinajstić information content (AvgIpc) is 3.08. The van der Waals surface area contributed by atoms with Gasteiger partial charge in [0.2, 0.25) is 0 Å². The van der Waals surface area contributed by atoms with Crippen molar-refractivity contribution in [3.05, 3.63) is 65.7 Å². The smallest absolute Gasteiger partial charge is 0.344 e. The lowest BCUT2D eigenvalue weighted by molar-refractivity contribution is -0.141. The number of rotatable bonds is 7. The normalized spacial score (nSPS) is 21.8. The Balaban J connectivity index is 1.32. The molecule has 1 aliphatic carbocycles. The van der Waals surface area contributed by atoms with Gasteiger partial charge in [-0.05, 0) is 49.8 Å². The van der Waals surface area contributed by atoms with Gasteiger partial charge < -0.3 is 14.8 Å². The molecule has 2 aliphatic rings. The summed E-state index contributed by atoms with van der Waals surface area (Å²) in [6.07, 6.45) is 2.70. The Morgan fingerprint density at radius 3 is 2.47 bits per heavy atom. The second kappa shape index (κ2) is 9.94. The summed E-state index contributed by atoms with van der Waals surface area (Å²) in [6, 6.07) is 15.3. The first kappa shape index (κ1) is 23.3. The zero-order chi connectivity index (χ0) is 24.1. The van der Waals surface area contributed by atoms with E-state index in [9.17, 15) is 19.2 Å². The zero-order valence-electron chi connectivity index (χ0n) is 18.9. The minimum absolute atomic E-state index is 0.143. The molecule has 2 aromatic carbocycles. The molecule has 0 atom stereocenters. The van der Waals surface area contributed by atoms with Gasteiger partial charge in [-0.3, -0.25) is 15.0 Å². The van der Waals surface area contributed by atoms with Crippen LogP contribution in [0.4, 0.5) is 4.79 Å². The Labute approximate surface area is 197 Å². The molecular formula is C25H27N3O6. The number of benzene rings is 2. The molecule has 2 aromatic rings. The molecule has 34 heavy (non-hydrogen) atoms. The topological polar surface area (TPSA) is 114 Å². The van der Waals surface area contributed by atoms with Crippen molar-refractivity contribution < 1.29 is 28.7 Å². The maximum Gasteiger partial charge on any atom is 0.344 e. The predicted molar refractivity (Wildman–Crippen MR) is 121 cm³/mol. The van der Waals surface area contributed by atoms with Crippen LogP contribution in [-0.4, -0.2) is 41.0 Å². The van der Waals surface area contributed by atoms with Gasteiger partial charge in [-0.15, -0.1) is 0 Å². The molecule has 0 unspecified atom stereocenters. The number of carbonyl (C=O) groups is 4. The van der Waals surface area contributed by atoms with Gasteiger partial charge in [-0.25, -0.2) is 9.59 Å². The lowest BCUT2D eigenvalue weighted by atomic mass is 9.77. The second-order valence-corrected chi connectivity index (χ2v) is 8.71. The van der Waals surface area contributed by atoms with Gasteiger partial charge >= 0.3 is 12.0 Å². The molecule has 1 spiro atoms. The van der Waals surface area contributed by atoms with Crippen LogP contribution in [0.15, 0.2) is 54.6 Å². The van der Waals surface area contributed by atoms with E-state index in [1.807, 2.05) is 18.2 Å². The van der Waals surface area contributed by atoms with Crippen molar-refractivity contribution in [2.24, 2.45) is 5.92 Å². The molecule has 0 aromatic heterocycles. The fraction of sp³-hybridized carbons (Fsp3) is 0.360. The molecule has 4 rings (SSSR count). The molecule has 2 fully saturated rings. The minimum atomic E-state index is -0.967. The van der Waals surface area contributed by atoms with E-state index in [0.29, 0.717) is 35.1 Å². The molecule has 1 saturated heterocycles. The molecule has 1 aliphatic heterocycles. The van der Waals surface area contributed by atoms with E-state index in [0.717, 1.165) is 12.8 Å². The summed E-state index contributed by atoms with van der Waals surface area (Å²) in [5, 5.41) is 3.41. The van der Waals surface area contributed by atoms with Crippen molar-refractivity contribution in [3.8, 4) is 5.75 Å². The molecule has 2 N–H and O–H groups in total. The van der Waals surface area contributed by atoms with E-state index in [1.165, 1.54) is 0 Å². The fourth-order valence-corrected chi connectivity index (χ4v) is 4.20.